The number of rotatable bonds is 9. The normalized spacial score (nSPS) is 13.2. The van der Waals surface area contributed by atoms with E-state index in [-0.39, 0.29) is 16.2 Å². The van der Waals surface area contributed by atoms with Gasteiger partial charge in [0.05, 0.1) is 11.4 Å². The topological polar surface area (TPSA) is 111 Å². The standard InChI is InChI=1S/C18H20N2O6S2/c1-3-16(20-26-28(23,24)18-12-8-5-9-13-18)14-15(2)19-25-27(21,22)17-10-6-4-7-11-17/h4-13H,3,14H2,1-2H3/b19-15+,20-16+. The lowest BCUT2D eigenvalue weighted by Gasteiger charge is -2.06. The molecule has 0 spiro atoms. The lowest BCUT2D eigenvalue weighted by atomic mass is 10.1. The summed E-state index contributed by atoms with van der Waals surface area (Å²) in [6.07, 6.45) is 0.466. The van der Waals surface area contributed by atoms with E-state index in [1.54, 1.807) is 43.3 Å². The molecule has 0 amide bonds. The van der Waals surface area contributed by atoms with E-state index in [1.165, 1.54) is 31.2 Å². The van der Waals surface area contributed by atoms with Crippen LogP contribution in [0.3, 0.4) is 0 Å². The van der Waals surface area contributed by atoms with E-state index in [1.807, 2.05) is 0 Å². The van der Waals surface area contributed by atoms with Gasteiger partial charge in [0.25, 0.3) is 0 Å². The minimum absolute atomic E-state index is 0.0168. The third-order valence-electron chi connectivity index (χ3n) is 3.49. The maximum Gasteiger partial charge on any atom is 0.358 e. The molecule has 0 aromatic heterocycles. The Morgan fingerprint density at radius 1 is 0.786 bits per heavy atom. The number of benzene rings is 2. The second kappa shape index (κ2) is 9.47. The lowest BCUT2D eigenvalue weighted by Crippen LogP contribution is -2.10. The summed E-state index contributed by atoms with van der Waals surface area (Å²) in [4.78, 5) is -0.0369. The van der Waals surface area contributed by atoms with E-state index < -0.39 is 20.2 Å². The van der Waals surface area contributed by atoms with Gasteiger partial charge in [0, 0.05) is 6.42 Å². The molecule has 0 aliphatic carbocycles. The Balaban J connectivity index is 2.05. The van der Waals surface area contributed by atoms with E-state index in [0.717, 1.165) is 0 Å². The molecule has 0 fully saturated rings. The van der Waals surface area contributed by atoms with Crippen LogP contribution in [0.15, 0.2) is 80.8 Å². The molecule has 0 bridgehead atoms. The molecule has 2 rings (SSSR count). The summed E-state index contributed by atoms with van der Waals surface area (Å²) in [5, 5.41) is 7.28. The van der Waals surface area contributed by atoms with Crippen molar-refractivity contribution in [1.82, 2.24) is 0 Å². The highest BCUT2D eigenvalue weighted by Gasteiger charge is 2.17. The van der Waals surface area contributed by atoms with Crippen molar-refractivity contribution in [2.75, 3.05) is 0 Å². The number of hydrogen-bond donors (Lipinski definition) is 0. The zero-order chi connectivity index (χ0) is 20.6. The molecule has 0 atom stereocenters. The first kappa shape index (κ1) is 21.6. The fourth-order valence-electron chi connectivity index (χ4n) is 2.02. The average molecular weight is 425 g/mol. The van der Waals surface area contributed by atoms with Crippen molar-refractivity contribution in [2.24, 2.45) is 10.3 Å². The second-order valence-electron chi connectivity index (χ2n) is 5.70. The molecule has 0 aliphatic heterocycles. The van der Waals surface area contributed by atoms with Crippen molar-refractivity contribution >= 4 is 31.7 Å². The van der Waals surface area contributed by atoms with Gasteiger partial charge in [-0.1, -0.05) is 53.6 Å². The molecule has 0 aliphatic rings. The fraction of sp³-hybridized carbons (Fsp3) is 0.222. The van der Waals surface area contributed by atoms with Crippen LogP contribution in [-0.4, -0.2) is 28.3 Å². The van der Waals surface area contributed by atoms with Crippen LogP contribution in [0, 0.1) is 0 Å². The monoisotopic (exact) mass is 424 g/mol. The average Bonchev–Trinajstić information content (AvgIpc) is 2.71. The van der Waals surface area contributed by atoms with Crippen molar-refractivity contribution < 1.29 is 25.4 Å². The summed E-state index contributed by atoms with van der Waals surface area (Å²) in [6.45, 7) is 3.30. The van der Waals surface area contributed by atoms with Gasteiger partial charge in [-0.05, 0) is 37.6 Å². The molecule has 0 saturated carbocycles. The van der Waals surface area contributed by atoms with E-state index in [2.05, 4.69) is 14.6 Å². The van der Waals surface area contributed by atoms with E-state index in [9.17, 15) is 16.8 Å². The van der Waals surface area contributed by atoms with Crippen LogP contribution in [-0.2, 0) is 28.8 Å². The van der Waals surface area contributed by atoms with E-state index >= 15 is 0 Å². The lowest BCUT2D eigenvalue weighted by molar-refractivity contribution is 0.335. The first-order valence-corrected chi connectivity index (χ1v) is 11.1. The zero-order valence-electron chi connectivity index (χ0n) is 15.3. The summed E-state index contributed by atoms with van der Waals surface area (Å²) >= 11 is 0. The minimum atomic E-state index is -4.03. The van der Waals surface area contributed by atoms with Crippen LogP contribution >= 0.6 is 0 Å². The predicted molar refractivity (Wildman–Crippen MR) is 105 cm³/mol. The van der Waals surface area contributed by atoms with Crippen LogP contribution in [0.25, 0.3) is 0 Å². The highest BCUT2D eigenvalue weighted by Crippen LogP contribution is 2.14. The Hall–Kier alpha value is -2.72. The minimum Gasteiger partial charge on any atom is -0.265 e. The van der Waals surface area contributed by atoms with E-state index in [0.29, 0.717) is 17.8 Å². The highest BCUT2D eigenvalue weighted by molar-refractivity contribution is 7.87. The van der Waals surface area contributed by atoms with Crippen molar-refractivity contribution in [2.45, 2.75) is 36.5 Å². The molecular weight excluding hydrogens is 404 g/mol. The first-order chi connectivity index (χ1) is 13.2. The summed E-state index contributed by atoms with van der Waals surface area (Å²) < 4.78 is 57.7. The van der Waals surface area contributed by atoms with Crippen LogP contribution < -0.4 is 0 Å². The van der Waals surface area contributed by atoms with Crippen molar-refractivity contribution in [3.05, 3.63) is 60.7 Å². The van der Waals surface area contributed by atoms with Crippen molar-refractivity contribution in [1.29, 1.82) is 0 Å². The van der Waals surface area contributed by atoms with Gasteiger partial charge in [0.2, 0.25) is 0 Å². The van der Waals surface area contributed by atoms with Gasteiger partial charge in [0.15, 0.2) is 0 Å². The highest BCUT2D eigenvalue weighted by atomic mass is 32.2. The molecule has 0 heterocycles. The predicted octanol–water partition coefficient (Wildman–Crippen LogP) is 3.33. The Bertz CT molecular complexity index is 1050. The Morgan fingerprint density at radius 2 is 1.21 bits per heavy atom. The van der Waals surface area contributed by atoms with Gasteiger partial charge in [0.1, 0.15) is 9.79 Å². The van der Waals surface area contributed by atoms with Gasteiger partial charge >= 0.3 is 20.2 Å². The van der Waals surface area contributed by atoms with Crippen LogP contribution in [0.5, 0.6) is 0 Å². The quantitative estimate of drug-likeness (QED) is 0.451. The maximum absolute atomic E-state index is 12.1. The molecule has 150 valence electrons. The Labute approximate surface area is 164 Å². The van der Waals surface area contributed by atoms with E-state index in [4.69, 9.17) is 4.28 Å². The maximum atomic E-state index is 12.1. The third-order valence-corrected chi connectivity index (χ3v) is 5.73. The molecular formula is C18H20N2O6S2. The summed E-state index contributed by atoms with van der Waals surface area (Å²) in [6, 6.07) is 15.2. The molecule has 0 N–H and O–H groups in total. The van der Waals surface area contributed by atoms with Gasteiger partial charge in [-0.2, -0.15) is 16.8 Å². The van der Waals surface area contributed by atoms with Gasteiger partial charge in [-0.15, -0.1) is 0 Å². The largest absolute Gasteiger partial charge is 0.358 e. The molecule has 0 unspecified atom stereocenters. The molecule has 10 heteroatoms. The summed E-state index contributed by atoms with van der Waals surface area (Å²) in [5.74, 6) is 0. The van der Waals surface area contributed by atoms with Crippen LogP contribution in [0.4, 0.5) is 0 Å². The molecule has 8 nitrogen and oxygen atoms in total. The smallest absolute Gasteiger partial charge is 0.265 e. The van der Waals surface area contributed by atoms with Crippen LogP contribution in [0.2, 0.25) is 0 Å². The van der Waals surface area contributed by atoms with Gasteiger partial charge in [-0.25, -0.2) is 0 Å². The molecule has 0 saturated heterocycles. The zero-order valence-corrected chi connectivity index (χ0v) is 17.0. The molecule has 28 heavy (non-hydrogen) atoms. The van der Waals surface area contributed by atoms with Gasteiger partial charge < -0.3 is 0 Å². The number of nitrogens with zero attached hydrogens (tertiary/aromatic N) is 2. The van der Waals surface area contributed by atoms with Crippen molar-refractivity contribution in [3.8, 4) is 0 Å². The SMILES string of the molecule is CC/C(C/C(C)=N/OS(=O)(=O)c1ccccc1)=N\OS(=O)(=O)c1ccccc1. The number of hydrogen-bond acceptors (Lipinski definition) is 8. The number of oxime groups is 2. The Kier molecular flexibility index (Phi) is 7.30. The summed E-state index contributed by atoms with van der Waals surface area (Å²) in [7, 11) is -8.05. The molecule has 0 radical (unpaired) electrons. The fourth-order valence-corrected chi connectivity index (χ4v) is 3.61. The summed E-state index contributed by atoms with van der Waals surface area (Å²) in [5.41, 5.74) is 0.655. The molecule has 2 aromatic rings. The van der Waals surface area contributed by atoms with Crippen LogP contribution in [0.1, 0.15) is 26.7 Å². The van der Waals surface area contributed by atoms with Crippen molar-refractivity contribution in [3.63, 3.8) is 0 Å². The second-order valence-corrected chi connectivity index (χ2v) is 8.76. The first-order valence-electron chi connectivity index (χ1n) is 8.31. The Morgan fingerprint density at radius 3 is 1.64 bits per heavy atom. The third kappa shape index (κ3) is 6.17. The molecule has 2 aromatic carbocycles. The van der Waals surface area contributed by atoms with Gasteiger partial charge in [-0.3, -0.25) is 8.57 Å².